The van der Waals surface area contributed by atoms with Gasteiger partial charge in [0.2, 0.25) is 0 Å². The van der Waals surface area contributed by atoms with Gasteiger partial charge in [-0.1, -0.05) is 26.3 Å². The number of nitrogens with zero attached hydrogens (tertiary/aromatic N) is 1. The molecule has 0 bridgehead atoms. The smallest absolute Gasteiger partial charge is 0.0602 e. The van der Waals surface area contributed by atoms with E-state index in [1.165, 1.54) is 23.2 Å². The van der Waals surface area contributed by atoms with Crippen molar-refractivity contribution in [3.8, 4) is 0 Å². The van der Waals surface area contributed by atoms with E-state index in [1.807, 2.05) is 13.2 Å². The normalized spacial score (nSPS) is 14.8. The van der Waals surface area contributed by atoms with Gasteiger partial charge in [0, 0.05) is 12.2 Å². The zero-order valence-electron chi connectivity index (χ0n) is 11.2. The van der Waals surface area contributed by atoms with E-state index in [1.54, 1.807) is 0 Å². The van der Waals surface area contributed by atoms with Crippen LogP contribution in [0.25, 0.3) is 0 Å². The predicted molar refractivity (Wildman–Crippen MR) is 69.6 cm³/mol. The highest BCUT2D eigenvalue weighted by molar-refractivity contribution is 5.25. The van der Waals surface area contributed by atoms with Crippen molar-refractivity contribution in [3.63, 3.8) is 0 Å². The lowest BCUT2D eigenvalue weighted by molar-refractivity contribution is 0.414. The van der Waals surface area contributed by atoms with E-state index in [2.05, 4.69) is 44.1 Å². The van der Waals surface area contributed by atoms with Crippen LogP contribution in [-0.2, 0) is 0 Å². The Bertz CT molecular complexity index is 334. The van der Waals surface area contributed by atoms with Crippen LogP contribution in [0.5, 0.6) is 0 Å². The maximum Gasteiger partial charge on any atom is 0.0602 e. The van der Waals surface area contributed by atoms with Crippen molar-refractivity contribution >= 4 is 0 Å². The van der Waals surface area contributed by atoms with Crippen LogP contribution in [0.4, 0.5) is 0 Å². The number of aryl methyl sites for hydroxylation is 2. The SMILES string of the molecule is CCC(C)CC(NC)c1ncc(C)cc1C. The van der Waals surface area contributed by atoms with E-state index in [4.69, 9.17) is 0 Å². The minimum atomic E-state index is 0.385. The molecule has 90 valence electrons. The number of hydrogen-bond donors (Lipinski definition) is 1. The highest BCUT2D eigenvalue weighted by Crippen LogP contribution is 2.23. The summed E-state index contributed by atoms with van der Waals surface area (Å²) in [4.78, 5) is 4.57. The second kappa shape index (κ2) is 6.00. The maximum atomic E-state index is 4.57. The second-order valence-electron chi connectivity index (χ2n) is 4.81. The molecule has 0 spiro atoms. The fourth-order valence-electron chi connectivity index (χ4n) is 2.03. The molecule has 0 fully saturated rings. The molecule has 16 heavy (non-hydrogen) atoms. The number of hydrogen-bond acceptors (Lipinski definition) is 2. The Morgan fingerprint density at radius 1 is 1.38 bits per heavy atom. The first kappa shape index (κ1) is 13.2. The first-order valence-corrected chi connectivity index (χ1v) is 6.18. The summed E-state index contributed by atoms with van der Waals surface area (Å²) in [6, 6.07) is 2.60. The van der Waals surface area contributed by atoms with Crippen LogP contribution < -0.4 is 5.32 Å². The summed E-state index contributed by atoms with van der Waals surface area (Å²) in [6.07, 6.45) is 4.34. The zero-order valence-corrected chi connectivity index (χ0v) is 11.2. The van der Waals surface area contributed by atoms with Gasteiger partial charge in [-0.05, 0) is 44.4 Å². The molecule has 1 aromatic rings. The third-order valence-electron chi connectivity index (χ3n) is 3.27. The first-order chi connectivity index (χ1) is 7.58. The molecule has 0 aliphatic carbocycles. The fourth-order valence-corrected chi connectivity index (χ4v) is 2.03. The summed E-state index contributed by atoms with van der Waals surface area (Å²) in [5.74, 6) is 0.736. The van der Waals surface area contributed by atoms with Crippen LogP contribution >= 0.6 is 0 Å². The monoisotopic (exact) mass is 220 g/mol. The molecule has 0 aromatic carbocycles. The Hall–Kier alpha value is -0.890. The van der Waals surface area contributed by atoms with Crippen molar-refractivity contribution in [2.75, 3.05) is 7.05 Å². The van der Waals surface area contributed by atoms with E-state index >= 15 is 0 Å². The Morgan fingerprint density at radius 2 is 2.06 bits per heavy atom. The van der Waals surface area contributed by atoms with Crippen LogP contribution in [0.1, 0.15) is 49.6 Å². The van der Waals surface area contributed by atoms with Gasteiger partial charge >= 0.3 is 0 Å². The molecule has 1 N–H and O–H groups in total. The van der Waals surface area contributed by atoms with Gasteiger partial charge in [-0.25, -0.2) is 0 Å². The Morgan fingerprint density at radius 3 is 2.56 bits per heavy atom. The highest BCUT2D eigenvalue weighted by atomic mass is 14.9. The van der Waals surface area contributed by atoms with E-state index in [0.717, 1.165) is 12.3 Å². The summed E-state index contributed by atoms with van der Waals surface area (Å²) >= 11 is 0. The number of pyridine rings is 1. The Kier molecular flexibility index (Phi) is 4.94. The molecule has 2 heteroatoms. The molecule has 1 heterocycles. The fraction of sp³-hybridized carbons (Fsp3) is 0.643. The molecule has 1 aromatic heterocycles. The lowest BCUT2D eigenvalue weighted by Gasteiger charge is -2.21. The minimum Gasteiger partial charge on any atom is -0.312 e. The van der Waals surface area contributed by atoms with Crippen molar-refractivity contribution in [2.24, 2.45) is 5.92 Å². The van der Waals surface area contributed by atoms with Gasteiger partial charge in [-0.15, -0.1) is 0 Å². The molecular weight excluding hydrogens is 196 g/mol. The average Bonchev–Trinajstić information content (AvgIpc) is 2.26. The molecule has 0 aliphatic rings. The van der Waals surface area contributed by atoms with Crippen molar-refractivity contribution < 1.29 is 0 Å². The van der Waals surface area contributed by atoms with Crippen molar-refractivity contribution in [3.05, 3.63) is 29.1 Å². The van der Waals surface area contributed by atoms with Crippen LogP contribution in [0, 0.1) is 19.8 Å². The van der Waals surface area contributed by atoms with Gasteiger partial charge in [-0.3, -0.25) is 4.98 Å². The third kappa shape index (κ3) is 3.31. The van der Waals surface area contributed by atoms with Crippen LogP contribution in [0.3, 0.4) is 0 Å². The molecular formula is C14H24N2. The zero-order chi connectivity index (χ0) is 12.1. The molecule has 0 saturated carbocycles. The van der Waals surface area contributed by atoms with Gasteiger partial charge in [0.05, 0.1) is 5.69 Å². The molecule has 2 nitrogen and oxygen atoms in total. The lowest BCUT2D eigenvalue weighted by atomic mass is 9.95. The predicted octanol–water partition coefficient (Wildman–Crippen LogP) is 3.40. The highest BCUT2D eigenvalue weighted by Gasteiger charge is 2.15. The van der Waals surface area contributed by atoms with E-state index < -0.39 is 0 Å². The molecule has 0 aliphatic heterocycles. The molecule has 2 unspecified atom stereocenters. The lowest BCUT2D eigenvalue weighted by Crippen LogP contribution is -2.21. The Labute approximate surface area is 99.5 Å². The molecule has 1 rings (SSSR count). The second-order valence-corrected chi connectivity index (χ2v) is 4.81. The van der Waals surface area contributed by atoms with Crippen molar-refractivity contribution in [1.82, 2.24) is 10.3 Å². The maximum absolute atomic E-state index is 4.57. The van der Waals surface area contributed by atoms with Gasteiger partial charge < -0.3 is 5.32 Å². The summed E-state index contributed by atoms with van der Waals surface area (Å²) in [7, 11) is 2.02. The largest absolute Gasteiger partial charge is 0.312 e. The summed E-state index contributed by atoms with van der Waals surface area (Å²) in [5, 5.41) is 3.38. The molecule has 0 amide bonds. The molecule has 2 atom stereocenters. The van der Waals surface area contributed by atoms with E-state index in [-0.39, 0.29) is 0 Å². The van der Waals surface area contributed by atoms with E-state index in [0.29, 0.717) is 6.04 Å². The van der Waals surface area contributed by atoms with Crippen LogP contribution in [-0.4, -0.2) is 12.0 Å². The van der Waals surface area contributed by atoms with Crippen molar-refractivity contribution in [2.45, 2.75) is 46.6 Å². The number of rotatable bonds is 5. The van der Waals surface area contributed by atoms with E-state index in [9.17, 15) is 0 Å². The third-order valence-corrected chi connectivity index (χ3v) is 3.27. The van der Waals surface area contributed by atoms with Crippen LogP contribution in [0.2, 0.25) is 0 Å². The Balaban J connectivity index is 2.86. The summed E-state index contributed by atoms with van der Waals surface area (Å²) in [6.45, 7) is 8.78. The van der Waals surface area contributed by atoms with Gasteiger partial charge in [0.1, 0.15) is 0 Å². The van der Waals surface area contributed by atoms with Gasteiger partial charge in [0.15, 0.2) is 0 Å². The quantitative estimate of drug-likeness (QED) is 0.822. The first-order valence-electron chi connectivity index (χ1n) is 6.18. The van der Waals surface area contributed by atoms with Crippen LogP contribution in [0.15, 0.2) is 12.3 Å². The summed E-state index contributed by atoms with van der Waals surface area (Å²) in [5.41, 5.74) is 3.73. The molecule has 0 saturated heterocycles. The minimum absolute atomic E-state index is 0.385. The molecule has 0 radical (unpaired) electrons. The standard InChI is InChI=1S/C14H24N2/c1-6-10(2)8-13(15-5)14-12(4)7-11(3)9-16-14/h7,9-10,13,15H,6,8H2,1-5H3. The summed E-state index contributed by atoms with van der Waals surface area (Å²) < 4.78 is 0. The van der Waals surface area contributed by atoms with Crippen molar-refractivity contribution in [1.29, 1.82) is 0 Å². The number of nitrogens with one attached hydrogen (secondary N) is 1. The average molecular weight is 220 g/mol. The topological polar surface area (TPSA) is 24.9 Å². The van der Waals surface area contributed by atoms with Gasteiger partial charge in [0.25, 0.3) is 0 Å². The van der Waals surface area contributed by atoms with Gasteiger partial charge in [-0.2, -0.15) is 0 Å². The number of aromatic nitrogens is 1.